The van der Waals surface area contributed by atoms with E-state index in [-0.39, 0.29) is 22.4 Å². The molecule has 0 saturated heterocycles. The lowest BCUT2D eigenvalue weighted by Crippen LogP contribution is -2.26. The fourth-order valence-electron chi connectivity index (χ4n) is 2.86. The number of rotatable bonds is 4. The largest absolute Gasteiger partial charge is 0.507 e. The summed E-state index contributed by atoms with van der Waals surface area (Å²) in [6.07, 6.45) is 3.73. The Morgan fingerprint density at radius 3 is 2.64 bits per heavy atom. The molecule has 1 aromatic heterocycles. The van der Waals surface area contributed by atoms with Gasteiger partial charge in [0.15, 0.2) is 0 Å². The van der Waals surface area contributed by atoms with E-state index >= 15 is 0 Å². The number of benzene rings is 2. The first kappa shape index (κ1) is 16.7. The Morgan fingerprint density at radius 2 is 1.88 bits per heavy atom. The number of pyridine rings is 1. The maximum Gasteiger partial charge on any atom is 0.262 e. The number of phenols is 1. The van der Waals surface area contributed by atoms with Crippen LogP contribution in [0.4, 0.5) is 0 Å². The van der Waals surface area contributed by atoms with Crippen molar-refractivity contribution < 1.29 is 9.90 Å². The van der Waals surface area contributed by atoms with Gasteiger partial charge in [-0.2, -0.15) is 0 Å². The van der Waals surface area contributed by atoms with Crippen molar-refractivity contribution in [2.45, 2.75) is 20.4 Å². The first-order valence-corrected chi connectivity index (χ1v) is 8.11. The Hall–Kier alpha value is -3.14. The van der Waals surface area contributed by atoms with Crippen molar-refractivity contribution in [3.63, 3.8) is 0 Å². The average molecular weight is 333 g/mol. The van der Waals surface area contributed by atoms with Crippen molar-refractivity contribution in [3.8, 4) is 5.75 Å². The predicted molar refractivity (Wildman–Crippen MR) is 99.3 cm³/mol. The van der Waals surface area contributed by atoms with Crippen LogP contribution in [-0.4, -0.2) is 15.5 Å². The molecule has 0 radical (unpaired) electrons. The zero-order valence-corrected chi connectivity index (χ0v) is 14.2. The third kappa shape index (κ3) is 3.11. The van der Waals surface area contributed by atoms with Crippen LogP contribution in [0.1, 0.15) is 28.4 Å². The molecule has 0 aliphatic heterocycles. The van der Waals surface area contributed by atoms with E-state index in [0.717, 1.165) is 16.5 Å². The first-order valence-electron chi connectivity index (χ1n) is 8.11. The summed E-state index contributed by atoms with van der Waals surface area (Å²) in [4.78, 5) is 25.8. The molecule has 0 aliphatic rings. The number of aromatic hydroxyl groups is 1. The smallest absolute Gasteiger partial charge is 0.262 e. The Balaban J connectivity index is 2.26. The van der Waals surface area contributed by atoms with Crippen LogP contribution in [-0.2, 0) is 6.54 Å². The molecule has 0 bridgehead atoms. The van der Waals surface area contributed by atoms with E-state index in [1.54, 1.807) is 22.8 Å². The van der Waals surface area contributed by atoms with Crippen LogP contribution in [0.15, 0.2) is 65.5 Å². The molecule has 0 fully saturated rings. The maximum atomic E-state index is 12.9. The molecule has 3 rings (SSSR count). The summed E-state index contributed by atoms with van der Waals surface area (Å²) in [5, 5.41) is 10.8. The highest BCUT2D eigenvalue weighted by Crippen LogP contribution is 2.22. The van der Waals surface area contributed by atoms with Gasteiger partial charge in [0.1, 0.15) is 5.75 Å². The molecule has 1 heterocycles. The molecule has 4 heteroatoms. The quantitative estimate of drug-likeness (QED) is 0.583. The molecule has 0 saturated carbocycles. The normalized spacial score (nSPS) is 11.3. The minimum Gasteiger partial charge on any atom is -0.507 e. The summed E-state index contributed by atoms with van der Waals surface area (Å²) >= 11 is 0. The predicted octanol–water partition coefficient (Wildman–Crippen LogP) is 3.82. The van der Waals surface area contributed by atoms with Crippen LogP contribution < -0.4 is 5.56 Å². The van der Waals surface area contributed by atoms with Crippen LogP contribution in [0.2, 0.25) is 0 Å². The third-order valence-electron chi connectivity index (χ3n) is 4.17. The minimum absolute atomic E-state index is 0.0594. The number of hydrogen-bond donors (Lipinski definition) is 1. The highest BCUT2D eigenvalue weighted by atomic mass is 16.3. The van der Waals surface area contributed by atoms with E-state index in [1.807, 2.05) is 50.3 Å². The number of fused-ring (bicyclic) bond motifs is 1. The summed E-state index contributed by atoms with van der Waals surface area (Å²) in [5.74, 6) is -0.589. The van der Waals surface area contributed by atoms with Gasteiger partial charge in [0.2, 0.25) is 5.78 Å². The van der Waals surface area contributed by atoms with E-state index in [1.165, 1.54) is 6.07 Å². The van der Waals surface area contributed by atoms with Crippen LogP contribution in [0.25, 0.3) is 10.9 Å². The van der Waals surface area contributed by atoms with Gasteiger partial charge in [-0.25, -0.2) is 0 Å². The summed E-state index contributed by atoms with van der Waals surface area (Å²) in [5.41, 5.74) is 1.46. The Bertz CT molecular complexity index is 1040. The first-order chi connectivity index (χ1) is 12.0. The molecule has 2 aromatic carbocycles. The molecule has 0 unspecified atom stereocenters. The molecular weight excluding hydrogens is 314 g/mol. The highest BCUT2D eigenvalue weighted by Gasteiger charge is 2.19. The lowest BCUT2D eigenvalue weighted by atomic mass is 10.00. The van der Waals surface area contributed by atoms with Crippen LogP contribution in [0, 0.1) is 6.92 Å². The highest BCUT2D eigenvalue weighted by molar-refractivity contribution is 6.11. The summed E-state index contributed by atoms with van der Waals surface area (Å²) < 4.78 is 1.58. The average Bonchev–Trinajstić information content (AvgIpc) is 2.62. The van der Waals surface area contributed by atoms with Crippen molar-refractivity contribution in [2.24, 2.45) is 0 Å². The number of hydrogen-bond acceptors (Lipinski definition) is 3. The van der Waals surface area contributed by atoms with Gasteiger partial charge in [0.05, 0.1) is 16.6 Å². The van der Waals surface area contributed by atoms with E-state index in [2.05, 4.69) is 0 Å². The van der Waals surface area contributed by atoms with Gasteiger partial charge in [-0.05, 0) is 43.5 Å². The lowest BCUT2D eigenvalue weighted by molar-refractivity contribution is 0.103. The van der Waals surface area contributed by atoms with E-state index < -0.39 is 5.78 Å². The van der Waals surface area contributed by atoms with Crippen LogP contribution in [0.3, 0.4) is 0 Å². The van der Waals surface area contributed by atoms with Crippen molar-refractivity contribution in [1.29, 1.82) is 0 Å². The van der Waals surface area contributed by atoms with Crippen molar-refractivity contribution >= 4 is 16.7 Å². The van der Waals surface area contributed by atoms with Crippen molar-refractivity contribution in [2.75, 3.05) is 0 Å². The summed E-state index contributed by atoms with van der Waals surface area (Å²) in [6.45, 7) is 4.10. The van der Waals surface area contributed by atoms with Crippen LogP contribution in [0.5, 0.6) is 5.75 Å². The molecule has 0 amide bonds. The molecule has 0 aliphatic carbocycles. The Kier molecular flexibility index (Phi) is 4.52. The van der Waals surface area contributed by atoms with Gasteiger partial charge in [-0.3, -0.25) is 9.59 Å². The lowest BCUT2D eigenvalue weighted by Gasteiger charge is -2.12. The second-order valence-corrected chi connectivity index (χ2v) is 5.95. The number of nitrogens with zero attached hydrogens (tertiary/aromatic N) is 1. The van der Waals surface area contributed by atoms with Crippen molar-refractivity contribution in [3.05, 3.63) is 87.7 Å². The number of para-hydroxylation sites is 1. The fraction of sp³-hybridized carbons (Fsp3) is 0.143. The zero-order valence-electron chi connectivity index (χ0n) is 14.2. The van der Waals surface area contributed by atoms with Crippen LogP contribution >= 0.6 is 0 Å². The molecule has 4 nitrogen and oxygen atoms in total. The summed E-state index contributed by atoms with van der Waals surface area (Å²) in [7, 11) is 0. The number of aryl methyl sites for hydroxylation is 1. The number of allylic oxidation sites excluding steroid dienone is 2. The van der Waals surface area contributed by atoms with Crippen molar-refractivity contribution in [1.82, 2.24) is 4.57 Å². The molecule has 25 heavy (non-hydrogen) atoms. The number of carbonyl (C=O) groups excluding carboxylic acids is 1. The molecule has 126 valence electrons. The molecule has 3 aromatic rings. The van der Waals surface area contributed by atoms with Gasteiger partial charge < -0.3 is 9.67 Å². The monoisotopic (exact) mass is 333 g/mol. The third-order valence-corrected chi connectivity index (χ3v) is 4.17. The van der Waals surface area contributed by atoms with Gasteiger partial charge in [-0.15, -0.1) is 0 Å². The molecular formula is C21H19NO3. The summed E-state index contributed by atoms with van der Waals surface area (Å²) in [6, 6.07) is 13.9. The molecule has 0 spiro atoms. The second-order valence-electron chi connectivity index (χ2n) is 5.95. The fourth-order valence-corrected chi connectivity index (χ4v) is 2.86. The van der Waals surface area contributed by atoms with Gasteiger partial charge in [-0.1, -0.05) is 42.0 Å². The van der Waals surface area contributed by atoms with Gasteiger partial charge in [0, 0.05) is 6.54 Å². The number of ketones is 1. The van der Waals surface area contributed by atoms with E-state index in [0.29, 0.717) is 6.54 Å². The maximum absolute atomic E-state index is 12.9. The molecule has 1 N–H and O–H groups in total. The number of phenolic OH excluding ortho intramolecular Hbond substituents is 1. The van der Waals surface area contributed by atoms with E-state index in [4.69, 9.17) is 0 Å². The SMILES string of the molecule is C/C=C/Cn1c(=O)c(C(=O)c2cc(C)ccc2O)cc2ccccc21. The Morgan fingerprint density at radius 1 is 1.12 bits per heavy atom. The van der Waals surface area contributed by atoms with Gasteiger partial charge >= 0.3 is 0 Å². The van der Waals surface area contributed by atoms with E-state index in [9.17, 15) is 14.7 Å². The minimum atomic E-state index is -0.466. The molecule has 0 atom stereocenters. The Labute approximate surface area is 145 Å². The topological polar surface area (TPSA) is 59.3 Å². The zero-order chi connectivity index (χ0) is 18.0. The number of aromatic nitrogens is 1. The standard InChI is InChI=1S/C21H19NO3/c1-3-4-11-22-18-8-6-5-7-15(18)13-17(21(22)25)20(24)16-12-14(2)9-10-19(16)23/h3-10,12-13,23H,11H2,1-2H3/b4-3+. The number of carbonyl (C=O) groups is 1. The second kappa shape index (κ2) is 6.77. The van der Waals surface area contributed by atoms with Gasteiger partial charge in [0.25, 0.3) is 5.56 Å².